The van der Waals surface area contributed by atoms with E-state index >= 15 is 0 Å². The summed E-state index contributed by atoms with van der Waals surface area (Å²) in [5.74, 6) is -0.556. The molecule has 1 fully saturated rings. The van der Waals surface area contributed by atoms with Crippen molar-refractivity contribution in [3.63, 3.8) is 0 Å². The summed E-state index contributed by atoms with van der Waals surface area (Å²) in [7, 11) is 0. The summed E-state index contributed by atoms with van der Waals surface area (Å²) in [4.78, 5) is 24.2. The minimum atomic E-state index is -0.920. The maximum atomic E-state index is 11.9. The van der Waals surface area contributed by atoms with Gasteiger partial charge < -0.3 is 21.1 Å². The number of carbonyl (C=O) groups is 2. The Morgan fingerprint density at radius 3 is 2.65 bits per heavy atom. The van der Waals surface area contributed by atoms with Crippen LogP contribution in [0.5, 0.6) is 0 Å². The van der Waals surface area contributed by atoms with Crippen LogP contribution in [0, 0.1) is 5.92 Å². The molecule has 6 heteroatoms. The van der Waals surface area contributed by atoms with Gasteiger partial charge in [-0.05, 0) is 32.7 Å². The van der Waals surface area contributed by atoms with Gasteiger partial charge in [0, 0.05) is 18.6 Å². The van der Waals surface area contributed by atoms with Gasteiger partial charge in [-0.1, -0.05) is 0 Å². The number of carboxylic acid groups (broad SMARTS) is 1. The minimum absolute atomic E-state index is 0.0904. The smallest absolute Gasteiger partial charge is 0.317 e. The maximum Gasteiger partial charge on any atom is 0.317 e. The number of nitrogens with two attached hydrogens (primary N) is 1. The molecule has 0 saturated carbocycles. The van der Waals surface area contributed by atoms with Crippen LogP contribution in [0.4, 0.5) is 4.79 Å². The first-order chi connectivity index (χ1) is 7.84. The second-order valence-corrected chi connectivity index (χ2v) is 5.22. The first-order valence-electron chi connectivity index (χ1n) is 5.83. The number of nitrogens with zero attached hydrogens (tertiary/aromatic N) is 1. The van der Waals surface area contributed by atoms with Crippen molar-refractivity contribution in [2.24, 2.45) is 11.7 Å². The van der Waals surface area contributed by atoms with E-state index in [4.69, 9.17) is 10.8 Å². The Kier molecular flexibility index (Phi) is 4.34. The number of carbonyl (C=O) groups excluding carboxylic acids is 1. The fraction of sp³-hybridized carbons (Fsp3) is 0.818. The van der Waals surface area contributed by atoms with Crippen molar-refractivity contribution in [3.8, 4) is 0 Å². The van der Waals surface area contributed by atoms with Gasteiger partial charge in [0.1, 0.15) is 0 Å². The third-order valence-corrected chi connectivity index (χ3v) is 2.94. The molecular weight excluding hydrogens is 222 g/mol. The summed E-state index contributed by atoms with van der Waals surface area (Å²) in [5.41, 5.74) is 4.82. The molecule has 0 aromatic heterocycles. The van der Waals surface area contributed by atoms with Gasteiger partial charge in [0.2, 0.25) is 0 Å². The molecule has 2 amide bonds. The first-order valence-corrected chi connectivity index (χ1v) is 5.83. The van der Waals surface area contributed by atoms with Crippen LogP contribution in [0.3, 0.4) is 0 Å². The third kappa shape index (κ3) is 4.22. The van der Waals surface area contributed by atoms with E-state index < -0.39 is 11.5 Å². The highest BCUT2D eigenvalue weighted by Gasteiger charge is 2.30. The molecule has 0 radical (unpaired) electrons. The summed E-state index contributed by atoms with van der Waals surface area (Å²) in [6.45, 7) is 5.34. The molecule has 1 unspecified atom stereocenters. The van der Waals surface area contributed by atoms with E-state index in [-0.39, 0.29) is 12.5 Å². The minimum Gasteiger partial charge on any atom is -0.481 e. The second-order valence-electron chi connectivity index (χ2n) is 5.22. The number of amides is 2. The van der Waals surface area contributed by atoms with Crippen molar-refractivity contribution in [2.75, 3.05) is 19.6 Å². The van der Waals surface area contributed by atoms with Crippen molar-refractivity contribution in [3.05, 3.63) is 0 Å². The van der Waals surface area contributed by atoms with Crippen LogP contribution < -0.4 is 11.1 Å². The van der Waals surface area contributed by atoms with Gasteiger partial charge in [0.15, 0.2) is 0 Å². The molecule has 1 heterocycles. The zero-order chi connectivity index (χ0) is 13.1. The Morgan fingerprint density at radius 2 is 2.18 bits per heavy atom. The molecular formula is C11H21N3O3. The number of aliphatic carboxylic acids is 1. The van der Waals surface area contributed by atoms with Crippen LogP contribution >= 0.6 is 0 Å². The molecule has 17 heavy (non-hydrogen) atoms. The van der Waals surface area contributed by atoms with Crippen LogP contribution in [0.2, 0.25) is 0 Å². The van der Waals surface area contributed by atoms with Crippen molar-refractivity contribution >= 4 is 12.0 Å². The van der Waals surface area contributed by atoms with Gasteiger partial charge in [0.25, 0.3) is 0 Å². The average molecular weight is 243 g/mol. The molecule has 1 aliphatic heterocycles. The molecule has 6 nitrogen and oxygen atoms in total. The number of hydrogen-bond acceptors (Lipinski definition) is 3. The predicted molar refractivity (Wildman–Crippen MR) is 63.6 cm³/mol. The van der Waals surface area contributed by atoms with E-state index in [0.717, 1.165) is 6.42 Å². The van der Waals surface area contributed by atoms with Crippen molar-refractivity contribution in [1.82, 2.24) is 10.2 Å². The highest BCUT2D eigenvalue weighted by molar-refractivity contribution is 5.77. The average Bonchev–Trinajstić information content (AvgIpc) is 2.62. The number of rotatable bonds is 4. The zero-order valence-corrected chi connectivity index (χ0v) is 10.4. The molecule has 4 N–H and O–H groups in total. The number of urea groups is 1. The van der Waals surface area contributed by atoms with E-state index in [1.807, 2.05) is 0 Å². The fourth-order valence-electron chi connectivity index (χ4n) is 2.00. The summed E-state index contributed by atoms with van der Waals surface area (Å²) in [6.07, 6.45) is 0.830. The third-order valence-electron chi connectivity index (χ3n) is 2.94. The van der Waals surface area contributed by atoms with Gasteiger partial charge in [-0.15, -0.1) is 0 Å². The molecule has 1 aliphatic rings. The van der Waals surface area contributed by atoms with E-state index in [0.29, 0.717) is 25.6 Å². The quantitative estimate of drug-likeness (QED) is 0.658. The molecule has 0 aliphatic carbocycles. The first kappa shape index (κ1) is 13.8. The monoisotopic (exact) mass is 243 g/mol. The lowest BCUT2D eigenvalue weighted by molar-refractivity contribution is -0.138. The SMILES string of the molecule is CC(C)(CC(=O)O)NC(=O)N1CCC(CN)C1. The Bertz CT molecular complexity index is 304. The van der Waals surface area contributed by atoms with Crippen molar-refractivity contribution < 1.29 is 14.7 Å². The highest BCUT2D eigenvalue weighted by Crippen LogP contribution is 2.16. The second kappa shape index (κ2) is 5.35. The van der Waals surface area contributed by atoms with Gasteiger partial charge in [-0.25, -0.2) is 4.79 Å². The summed E-state index contributed by atoms with van der Waals surface area (Å²) >= 11 is 0. The lowest BCUT2D eigenvalue weighted by Crippen LogP contribution is -2.50. The molecule has 0 bridgehead atoms. The van der Waals surface area contributed by atoms with Gasteiger partial charge >= 0.3 is 12.0 Å². The molecule has 0 spiro atoms. The van der Waals surface area contributed by atoms with Gasteiger partial charge in [-0.2, -0.15) is 0 Å². The highest BCUT2D eigenvalue weighted by atomic mass is 16.4. The lowest BCUT2D eigenvalue weighted by atomic mass is 10.0. The Morgan fingerprint density at radius 1 is 1.53 bits per heavy atom. The Hall–Kier alpha value is -1.30. The molecule has 0 aromatic carbocycles. The van der Waals surface area contributed by atoms with Gasteiger partial charge in [0.05, 0.1) is 6.42 Å². The van der Waals surface area contributed by atoms with E-state index in [1.165, 1.54) is 0 Å². The van der Waals surface area contributed by atoms with E-state index in [1.54, 1.807) is 18.7 Å². The molecule has 0 aromatic rings. The number of hydrogen-bond donors (Lipinski definition) is 3. The summed E-state index contributed by atoms with van der Waals surface area (Å²) < 4.78 is 0. The normalized spacial score (nSPS) is 20.4. The summed E-state index contributed by atoms with van der Waals surface area (Å²) in [5, 5.41) is 11.5. The number of carboxylic acids is 1. The van der Waals surface area contributed by atoms with Crippen LogP contribution in [0.15, 0.2) is 0 Å². The zero-order valence-electron chi connectivity index (χ0n) is 10.4. The van der Waals surface area contributed by atoms with Crippen LogP contribution in [0.25, 0.3) is 0 Å². The van der Waals surface area contributed by atoms with Crippen molar-refractivity contribution in [1.29, 1.82) is 0 Å². The molecule has 98 valence electrons. The molecule has 1 saturated heterocycles. The maximum absolute atomic E-state index is 11.9. The largest absolute Gasteiger partial charge is 0.481 e. The van der Waals surface area contributed by atoms with Crippen molar-refractivity contribution in [2.45, 2.75) is 32.2 Å². The van der Waals surface area contributed by atoms with Crippen LogP contribution in [-0.2, 0) is 4.79 Å². The Labute approximate surface area is 101 Å². The lowest BCUT2D eigenvalue weighted by Gasteiger charge is -2.27. The van der Waals surface area contributed by atoms with Gasteiger partial charge in [-0.3, -0.25) is 4.79 Å². The fourth-order valence-corrected chi connectivity index (χ4v) is 2.00. The topological polar surface area (TPSA) is 95.7 Å². The van der Waals surface area contributed by atoms with Crippen LogP contribution in [-0.4, -0.2) is 47.2 Å². The van der Waals surface area contributed by atoms with Crippen LogP contribution in [0.1, 0.15) is 26.7 Å². The summed E-state index contributed by atoms with van der Waals surface area (Å²) in [6, 6.07) is -0.202. The van der Waals surface area contributed by atoms with E-state index in [9.17, 15) is 9.59 Å². The molecule has 1 rings (SSSR count). The standard InChI is InChI=1S/C11H21N3O3/c1-11(2,5-9(15)16)13-10(17)14-4-3-8(6-12)7-14/h8H,3-7,12H2,1-2H3,(H,13,17)(H,15,16). The number of nitrogens with one attached hydrogen (secondary N) is 1. The number of likely N-dealkylation sites (tertiary alicyclic amines) is 1. The molecule has 1 atom stereocenters. The Balaban J connectivity index is 2.46. The van der Waals surface area contributed by atoms with E-state index in [2.05, 4.69) is 5.32 Å². The predicted octanol–water partition coefficient (Wildman–Crippen LogP) is 0.230.